The van der Waals surface area contributed by atoms with Crippen LogP contribution in [0.3, 0.4) is 0 Å². The first-order chi connectivity index (χ1) is 11.5. The highest BCUT2D eigenvalue weighted by Crippen LogP contribution is 2.25. The Kier molecular flexibility index (Phi) is 5.04. The summed E-state index contributed by atoms with van der Waals surface area (Å²) in [6.45, 7) is 8.78. The monoisotopic (exact) mass is 316 g/mol. The molecule has 4 rings (SSSR count). The zero-order chi connectivity index (χ0) is 17.1. The third kappa shape index (κ3) is 4.06. The molecule has 0 heteroatoms. The second kappa shape index (κ2) is 7.21. The van der Waals surface area contributed by atoms with Gasteiger partial charge in [0.05, 0.1) is 0 Å². The molecule has 0 N–H and O–H groups in total. The van der Waals surface area contributed by atoms with Gasteiger partial charge in [-0.05, 0) is 67.9 Å². The number of rotatable bonds is 0. The summed E-state index contributed by atoms with van der Waals surface area (Å²) in [7, 11) is 0. The Morgan fingerprint density at radius 3 is 1.83 bits per heavy atom. The molecule has 24 heavy (non-hydrogen) atoms. The molecule has 0 aliphatic heterocycles. The molecule has 3 aromatic rings. The van der Waals surface area contributed by atoms with Gasteiger partial charge in [-0.25, -0.2) is 0 Å². The van der Waals surface area contributed by atoms with Gasteiger partial charge in [0.2, 0.25) is 0 Å². The van der Waals surface area contributed by atoms with Crippen molar-refractivity contribution < 1.29 is 0 Å². The molecular weight excluding hydrogens is 288 g/mol. The van der Waals surface area contributed by atoms with Gasteiger partial charge in [0.1, 0.15) is 0 Å². The van der Waals surface area contributed by atoms with E-state index in [0.29, 0.717) is 0 Å². The van der Waals surface area contributed by atoms with Crippen molar-refractivity contribution in [1.82, 2.24) is 0 Å². The summed E-state index contributed by atoms with van der Waals surface area (Å²) in [5, 5.41) is 2.67. The van der Waals surface area contributed by atoms with Crippen molar-refractivity contribution in [3.63, 3.8) is 0 Å². The maximum atomic E-state index is 2.35. The van der Waals surface area contributed by atoms with Crippen molar-refractivity contribution in [2.75, 3.05) is 0 Å². The SMILES string of the molecule is Cc1ccc2c(c1)CCC(C)C2.Cc1ccc2cc(C)ccc2c1. The van der Waals surface area contributed by atoms with Gasteiger partial charge >= 0.3 is 0 Å². The van der Waals surface area contributed by atoms with Gasteiger partial charge in [0, 0.05) is 0 Å². The van der Waals surface area contributed by atoms with Crippen LogP contribution in [0.4, 0.5) is 0 Å². The van der Waals surface area contributed by atoms with E-state index in [0.717, 1.165) is 5.92 Å². The highest BCUT2D eigenvalue weighted by molar-refractivity contribution is 5.83. The molecule has 0 spiro atoms. The molecule has 3 aromatic carbocycles. The van der Waals surface area contributed by atoms with Crippen LogP contribution in [0.5, 0.6) is 0 Å². The fraction of sp³-hybridized carbons (Fsp3) is 0.333. The first-order valence-electron chi connectivity index (χ1n) is 9.07. The van der Waals surface area contributed by atoms with Gasteiger partial charge in [-0.1, -0.05) is 78.2 Å². The number of fused-ring (bicyclic) bond motifs is 2. The van der Waals surface area contributed by atoms with Crippen LogP contribution in [0.1, 0.15) is 41.2 Å². The standard InChI is InChI=1S/C12H16.C12H12/c2*1-9-3-5-12-8-10(2)4-6-11(12)7-9/h3,5,7,10H,4,6,8H2,1-2H3;3-8H,1-2H3. The summed E-state index contributed by atoms with van der Waals surface area (Å²) in [5.41, 5.74) is 7.23. The molecule has 0 heterocycles. The minimum Gasteiger partial charge on any atom is -0.0622 e. The molecule has 0 aromatic heterocycles. The molecule has 0 saturated carbocycles. The third-order valence-corrected chi connectivity index (χ3v) is 4.99. The smallest absolute Gasteiger partial charge is 0.0181 e. The second-order valence-corrected chi connectivity index (χ2v) is 7.47. The van der Waals surface area contributed by atoms with E-state index in [1.807, 2.05) is 0 Å². The highest BCUT2D eigenvalue weighted by Gasteiger charge is 2.14. The minimum atomic E-state index is 0.889. The predicted octanol–water partition coefficient (Wildman–Crippen LogP) is 6.58. The minimum absolute atomic E-state index is 0.889. The molecule has 1 atom stereocenters. The van der Waals surface area contributed by atoms with E-state index in [4.69, 9.17) is 0 Å². The Hall–Kier alpha value is -2.08. The van der Waals surface area contributed by atoms with E-state index in [2.05, 4.69) is 82.3 Å². The van der Waals surface area contributed by atoms with E-state index in [1.165, 1.54) is 46.7 Å². The average molecular weight is 316 g/mol. The van der Waals surface area contributed by atoms with Crippen molar-refractivity contribution >= 4 is 10.8 Å². The Bertz CT molecular complexity index is 801. The van der Waals surface area contributed by atoms with E-state index in [1.54, 1.807) is 11.1 Å². The Morgan fingerprint density at radius 2 is 1.21 bits per heavy atom. The molecule has 0 bridgehead atoms. The third-order valence-electron chi connectivity index (χ3n) is 4.99. The fourth-order valence-electron chi connectivity index (χ4n) is 3.55. The number of hydrogen-bond donors (Lipinski definition) is 0. The van der Waals surface area contributed by atoms with Gasteiger partial charge in [-0.3, -0.25) is 0 Å². The van der Waals surface area contributed by atoms with Gasteiger partial charge in [0.25, 0.3) is 0 Å². The van der Waals surface area contributed by atoms with E-state index < -0.39 is 0 Å². The summed E-state index contributed by atoms with van der Waals surface area (Å²) >= 11 is 0. The summed E-state index contributed by atoms with van der Waals surface area (Å²) < 4.78 is 0. The Morgan fingerprint density at radius 1 is 0.667 bits per heavy atom. The molecule has 1 aliphatic rings. The van der Waals surface area contributed by atoms with Crippen LogP contribution in [-0.2, 0) is 12.8 Å². The number of hydrogen-bond acceptors (Lipinski definition) is 0. The van der Waals surface area contributed by atoms with Crippen molar-refractivity contribution in [3.05, 3.63) is 82.4 Å². The van der Waals surface area contributed by atoms with Crippen molar-refractivity contribution in [2.45, 2.75) is 47.0 Å². The topological polar surface area (TPSA) is 0 Å². The average Bonchev–Trinajstić information content (AvgIpc) is 2.56. The first kappa shape index (κ1) is 16.8. The summed E-state index contributed by atoms with van der Waals surface area (Å²) in [6.07, 6.45) is 3.95. The van der Waals surface area contributed by atoms with Crippen LogP contribution >= 0.6 is 0 Å². The lowest BCUT2D eigenvalue weighted by atomic mass is 9.84. The van der Waals surface area contributed by atoms with Crippen molar-refractivity contribution in [2.24, 2.45) is 5.92 Å². The summed E-state index contributed by atoms with van der Waals surface area (Å²) in [5.74, 6) is 0.889. The van der Waals surface area contributed by atoms with Gasteiger partial charge < -0.3 is 0 Å². The lowest BCUT2D eigenvalue weighted by Crippen LogP contribution is -2.10. The Balaban J connectivity index is 0.000000141. The highest BCUT2D eigenvalue weighted by atomic mass is 14.2. The van der Waals surface area contributed by atoms with Crippen LogP contribution in [0.2, 0.25) is 0 Å². The molecule has 1 unspecified atom stereocenters. The molecule has 1 aliphatic carbocycles. The maximum Gasteiger partial charge on any atom is -0.0181 e. The molecule has 0 radical (unpaired) electrons. The second-order valence-electron chi connectivity index (χ2n) is 7.47. The maximum absolute atomic E-state index is 2.35. The number of benzene rings is 3. The molecule has 0 amide bonds. The zero-order valence-corrected chi connectivity index (χ0v) is 15.4. The van der Waals surface area contributed by atoms with Crippen LogP contribution < -0.4 is 0 Å². The van der Waals surface area contributed by atoms with Crippen molar-refractivity contribution in [3.8, 4) is 0 Å². The lowest BCUT2D eigenvalue weighted by molar-refractivity contribution is 0.501. The van der Waals surface area contributed by atoms with Crippen LogP contribution in [0, 0.1) is 26.7 Å². The van der Waals surface area contributed by atoms with Gasteiger partial charge in [0.15, 0.2) is 0 Å². The summed E-state index contributed by atoms with van der Waals surface area (Å²) in [4.78, 5) is 0. The normalized spacial score (nSPS) is 16.2. The van der Waals surface area contributed by atoms with Crippen LogP contribution in [0.25, 0.3) is 10.8 Å². The Labute approximate surface area is 146 Å². The zero-order valence-electron chi connectivity index (χ0n) is 15.4. The molecule has 0 nitrogen and oxygen atoms in total. The lowest BCUT2D eigenvalue weighted by Gasteiger charge is -2.21. The van der Waals surface area contributed by atoms with Crippen LogP contribution in [-0.4, -0.2) is 0 Å². The summed E-state index contributed by atoms with van der Waals surface area (Å²) in [6, 6.07) is 20.0. The first-order valence-corrected chi connectivity index (χ1v) is 9.07. The van der Waals surface area contributed by atoms with Crippen molar-refractivity contribution in [1.29, 1.82) is 0 Å². The molecular formula is C24H28. The van der Waals surface area contributed by atoms with E-state index >= 15 is 0 Å². The van der Waals surface area contributed by atoms with E-state index in [9.17, 15) is 0 Å². The van der Waals surface area contributed by atoms with Gasteiger partial charge in [-0.2, -0.15) is 0 Å². The van der Waals surface area contributed by atoms with Crippen LogP contribution in [0.15, 0.2) is 54.6 Å². The van der Waals surface area contributed by atoms with Gasteiger partial charge in [-0.15, -0.1) is 0 Å². The fourth-order valence-corrected chi connectivity index (χ4v) is 3.55. The molecule has 124 valence electrons. The largest absolute Gasteiger partial charge is 0.0622 e. The quantitative estimate of drug-likeness (QED) is 0.439. The predicted molar refractivity (Wildman–Crippen MR) is 106 cm³/mol. The molecule has 0 fully saturated rings. The number of aryl methyl sites for hydroxylation is 4. The molecule has 0 saturated heterocycles. The van der Waals surface area contributed by atoms with E-state index in [-0.39, 0.29) is 0 Å².